The maximum absolute atomic E-state index is 12.5. The van der Waals surface area contributed by atoms with E-state index in [1.165, 1.54) is 0 Å². The molecule has 1 atom stereocenters. The first-order valence-corrected chi connectivity index (χ1v) is 6.91. The zero-order chi connectivity index (χ0) is 14.3. The summed E-state index contributed by atoms with van der Waals surface area (Å²) in [5.41, 5.74) is 2.45. The van der Waals surface area contributed by atoms with Crippen LogP contribution in [-0.4, -0.2) is 13.0 Å². The molecule has 0 aliphatic carbocycles. The maximum Gasteiger partial charge on any atom is 0.253 e. The van der Waals surface area contributed by atoms with Crippen molar-refractivity contribution in [2.24, 2.45) is 0 Å². The molecule has 0 saturated carbocycles. The van der Waals surface area contributed by atoms with E-state index in [4.69, 9.17) is 23.2 Å². The highest BCUT2D eigenvalue weighted by atomic mass is 35.5. The van der Waals surface area contributed by atoms with Gasteiger partial charge in [-0.25, -0.2) is 0 Å². The van der Waals surface area contributed by atoms with E-state index in [1.807, 2.05) is 30.3 Å². The molecule has 0 bridgehead atoms. The molecule has 0 aromatic heterocycles. The number of anilines is 2. The van der Waals surface area contributed by atoms with Gasteiger partial charge in [0.15, 0.2) is 0 Å². The number of halogens is 2. The zero-order valence-electron chi connectivity index (χ0n) is 10.7. The number of benzene rings is 2. The molecule has 1 heterocycles. The van der Waals surface area contributed by atoms with Gasteiger partial charge in [0, 0.05) is 7.05 Å². The summed E-state index contributed by atoms with van der Waals surface area (Å²) in [5, 5.41) is 4.13. The summed E-state index contributed by atoms with van der Waals surface area (Å²) in [6.45, 7) is 0. The third kappa shape index (κ3) is 2.13. The van der Waals surface area contributed by atoms with Crippen LogP contribution in [0.2, 0.25) is 10.0 Å². The number of hydrogen-bond acceptors (Lipinski definition) is 2. The van der Waals surface area contributed by atoms with Crippen LogP contribution in [0.5, 0.6) is 0 Å². The van der Waals surface area contributed by atoms with Gasteiger partial charge in [0.05, 0.1) is 21.4 Å². The summed E-state index contributed by atoms with van der Waals surface area (Å²) < 4.78 is 0. The molecular formula is C15H12Cl2N2O. The molecule has 1 aliphatic heterocycles. The van der Waals surface area contributed by atoms with Crippen LogP contribution in [0.15, 0.2) is 42.5 Å². The van der Waals surface area contributed by atoms with Crippen LogP contribution in [0.3, 0.4) is 0 Å². The fourth-order valence-electron chi connectivity index (χ4n) is 2.33. The Morgan fingerprint density at radius 3 is 2.45 bits per heavy atom. The molecule has 1 amide bonds. The topological polar surface area (TPSA) is 32.3 Å². The van der Waals surface area contributed by atoms with Crippen LogP contribution in [0.4, 0.5) is 11.4 Å². The summed E-state index contributed by atoms with van der Waals surface area (Å²) in [4.78, 5) is 14.1. The number of nitrogens with zero attached hydrogens (tertiary/aromatic N) is 1. The van der Waals surface area contributed by atoms with Gasteiger partial charge in [0.2, 0.25) is 0 Å². The van der Waals surface area contributed by atoms with E-state index in [2.05, 4.69) is 5.32 Å². The Morgan fingerprint density at radius 2 is 1.75 bits per heavy atom. The molecule has 1 aliphatic rings. The van der Waals surface area contributed by atoms with Crippen LogP contribution >= 0.6 is 23.2 Å². The lowest BCUT2D eigenvalue weighted by atomic mass is 10.0. The predicted molar refractivity (Wildman–Crippen MR) is 82.7 cm³/mol. The van der Waals surface area contributed by atoms with Crippen molar-refractivity contribution < 1.29 is 4.79 Å². The molecule has 1 unspecified atom stereocenters. The molecule has 1 N–H and O–H groups in total. The molecule has 20 heavy (non-hydrogen) atoms. The highest BCUT2D eigenvalue weighted by Gasteiger charge is 2.31. The summed E-state index contributed by atoms with van der Waals surface area (Å²) in [5.74, 6) is -0.0258. The van der Waals surface area contributed by atoms with Crippen molar-refractivity contribution in [2.75, 3.05) is 17.3 Å². The molecule has 2 aromatic carbocycles. The van der Waals surface area contributed by atoms with E-state index in [0.29, 0.717) is 10.0 Å². The quantitative estimate of drug-likeness (QED) is 0.859. The number of amides is 1. The Bertz CT molecular complexity index is 673. The summed E-state index contributed by atoms with van der Waals surface area (Å²) in [6.07, 6.45) is 0. The Labute approximate surface area is 127 Å². The first kappa shape index (κ1) is 13.3. The Morgan fingerprint density at radius 1 is 1.10 bits per heavy atom. The zero-order valence-corrected chi connectivity index (χ0v) is 12.2. The van der Waals surface area contributed by atoms with E-state index < -0.39 is 6.04 Å². The van der Waals surface area contributed by atoms with Gasteiger partial charge < -0.3 is 10.2 Å². The lowest BCUT2D eigenvalue weighted by molar-refractivity contribution is -0.119. The van der Waals surface area contributed by atoms with Crippen molar-refractivity contribution in [1.29, 1.82) is 0 Å². The van der Waals surface area contributed by atoms with E-state index in [9.17, 15) is 4.79 Å². The van der Waals surface area contributed by atoms with Crippen LogP contribution in [0, 0.1) is 0 Å². The van der Waals surface area contributed by atoms with Crippen LogP contribution in [-0.2, 0) is 4.79 Å². The first-order chi connectivity index (χ1) is 9.58. The summed E-state index contributed by atoms with van der Waals surface area (Å²) in [6, 6.07) is 12.6. The lowest BCUT2D eigenvalue weighted by Crippen LogP contribution is -2.39. The molecule has 0 fully saturated rings. The van der Waals surface area contributed by atoms with Crippen LogP contribution in [0.1, 0.15) is 11.6 Å². The lowest BCUT2D eigenvalue weighted by Gasteiger charge is -2.33. The number of rotatable bonds is 1. The van der Waals surface area contributed by atoms with Gasteiger partial charge in [-0.3, -0.25) is 4.79 Å². The monoisotopic (exact) mass is 306 g/mol. The van der Waals surface area contributed by atoms with Crippen molar-refractivity contribution in [3.05, 3.63) is 58.1 Å². The number of likely N-dealkylation sites (N-methyl/N-ethyl adjacent to an activating group) is 1. The van der Waals surface area contributed by atoms with Gasteiger partial charge in [-0.15, -0.1) is 0 Å². The highest BCUT2D eigenvalue weighted by Crippen LogP contribution is 2.40. The summed E-state index contributed by atoms with van der Waals surface area (Å²) >= 11 is 12.1. The first-order valence-electron chi connectivity index (χ1n) is 6.16. The van der Waals surface area contributed by atoms with Gasteiger partial charge in [-0.05, 0) is 17.7 Å². The smallest absolute Gasteiger partial charge is 0.253 e. The average molecular weight is 307 g/mol. The minimum Gasteiger partial charge on any atom is -0.368 e. The average Bonchev–Trinajstić information content (AvgIpc) is 2.46. The van der Waals surface area contributed by atoms with Crippen molar-refractivity contribution in [3.8, 4) is 0 Å². The molecule has 3 nitrogen and oxygen atoms in total. The second-order valence-corrected chi connectivity index (χ2v) is 5.48. The molecular weight excluding hydrogens is 295 g/mol. The number of carbonyl (C=O) groups excluding carboxylic acids is 1. The van der Waals surface area contributed by atoms with Crippen LogP contribution < -0.4 is 10.2 Å². The number of carbonyl (C=O) groups is 1. The van der Waals surface area contributed by atoms with E-state index in [1.54, 1.807) is 24.1 Å². The molecule has 5 heteroatoms. The predicted octanol–water partition coefficient (Wildman–Crippen LogP) is 4.12. The van der Waals surface area contributed by atoms with Crippen molar-refractivity contribution >= 4 is 40.5 Å². The van der Waals surface area contributed by atoms with Crippen molar-refractivity contribution in [2.45, 2.75) is 6.04 Å². The van der Waals surface area contributed by atoms with E-state index in [-0.39, 0.29) is 5.91 Å². The molecule has 2 aromatic rings. The minimum atomic E-state index is -0.411. The van der Waals surface area contributed by atoms with Crippen molar-refractivity contribution in [3.63, 3.8) is 0 Å². The maximum atomic E-state index is 12.5. The number of fused-ring (bicyclic) bond motifs is 1. The van der Waals surface area contributed by atoms with Crippen molar-refractivity contribution in [1.82, 2.24) is 0 Å². The van der Waals surface area contributed by atoms with Gasteiger partial charge in [0.1, 0.15) is 6.04 Å². The third-order valence-corrected chi connectivity index (χ3v) is 4.13. The molecule has 0 saturated heterocycles. The second-order valence-electron chi connectivity index (χ2n) is 4.67. The SMILES string of the molecule is CN1C(=O)C(c2ccccc2)Nc2cc(Cl)c(Cl)cc21. The van der Waals surface area contributed by atoms with E-state index >= 15 is 0 Å². The van der Waals surface area contributed by atoms with Gasteiger partial charge in [0.25, 0.3) is 5.91 Å². The Hall–Kier alpha value is -1.71. The fraction of sp³-hybridized carbons (Fsp3) is 0.133. The van der Waals surface area contributed by atoms with E-state index in [0.717, 1.165) is 16.9 Å². The Kier molecular flexibility index (Phi) is 3.32. The third-order valence-electron chi connectivity index (χ3n) is 3.41. The normalized spacial score (nSPS) is 17.6. The van der Waals surface area contributed by atoms with Gasteiger partial charge in [-0.2, -0.15) is 0 Å². The minimum absolute atomic E-state index is 0.0258. The molecule has 0 spiro atoms. The number of hydrogen-bond donors (Lipinski definition) is 1. The molecule has 3 rings (SSSR count). The Balaban J connectivity index is 2.07. The van der Waals surface area contributed by atoms with Gasteiger partial charge >= 0.3 is 0 Å². The molecule has 102 valence electrons. The number of nitrogens with one attached hydrogen (secondary N) is 1. The standard InChI is InChI=1S/C15H12Cl2N2O/c1-19-13-8-11(17)10(16)7-12(13)18-14(15(19)20)9-5-3-2-4-6-9/h2-8,14,18H,1H3. The fourth-order valence-corrected chi connectivity index (χ4v) is 2.65. The highest BCUT2D eigenvalue weighted by molar-refractivity contribution is 6.42. The largest absolute Gasteiger partial charge is 0.368 e. The summed E-state index contributed by atoms with van der Waals surface area (Å²) in [7, 11) is 1.74. The second kappa shape index (κ2) is 5.00. The van der Waals surface area contributed by atoms with Gasteiger partial charge in [-0.1, -0.05) is 53.5 Å². The van der Waals surface area contributed by atoms with Crippen LogP contribution in [0.25, 0.3) is 0 Å². The molecule has 0 radical (unpaired) electrons.